The topological polar surface area (TPSA) is 62.3 Å². The highest BCUT2D eigenvalue weighted by molar-refractivity contribution is 7.22. The van der Waals surface area contributed by atoms with Gasteiger partial charge in [-0.25, -0.2) is 4.98 Å². The number of fused-ring (bicyclic) bond motifs is 1. The first-order valence-electron chi connectivity index (χ1n) is 7.26. The Bertz CT molecular complexity index is 771. The number of aromatic nitrogens is 1. The number of benzene rings is 1. The van der Waals surface area contributed by atoms with Crippen molar-refractivity contribution in [2.24, 2.45) is 5.92 Å². The molecule has 5 nitrogen and oxygen atoms in total. The Morgan fingerprint density at radius 1 is 1.41 bits per heavy atom. The summed E-state index contributed by atoms with van der Waals surface area (Å²) in [6, 6.07) is 5.81. The standard InChI is InChI=1S/C15H14ClN3O2S/c16-9-1-4-11-12(6-9)22-15(17-11)18-14(21)8-5-13(20)19(7-8)10-2-3-10/h1,4,6,8,10H,2-3,5,7H2,(H,17,18,21)/t8-/m0/s1. The van der Waals surface area contributed by atoms with Gasteiger partial charge in [-0.1, -0.05) is 22.9 Å². The molecule has 1 saturated carbocycles. The Morgan fingerprint density at radius 2 is 2.23 bits per heavy atom. The number of carbonyl (C=O) groups excluding carboxylic acids is 2. The van der Waals surface area contributed by atoms with Gasteiger partial charge in [-0.2, -0.15) is 0 Å². The first-order chi connectivity index (χ1) is 10.6. The Hall–Kier alpha value is -1.66. The van der Waals surface area contributed by atoms with Crippen LogP contribution in [0.25, 0.3) is 10.2 Å². The molecule has 1 saturated heterocycles. The lowest BCUT2D eigenvalue weighted by Crippen LogP contribution is -2.29. The molecule has 2 aliphatic rings. The molecule has 7 heteroatoms. The van der Waals surface area contributed by atoms with Gasteiger partial charge in [0.05, 0.1) is 16.1 Å². The number of likely N-dealkylation sites (tertiary alicyclic amines) is 1. The van der Waals surface area contributed by atoms with Crippen LogP contribution in [0.1, 0.15) is 19.3 Å². The number of thiazole rings is 1. The molecular weight excluding hydrogens is 322 g/mol. The molecule has 2 heterocycles. The van der Waals surface area contributed by atoms with Crippen molar-refractivity contribution in [1.29, 1.82) is 0 Å². The van der Waals surface area contributed by atoms with E-state index in [9.17, 15) is 9.59 Å². The maximum Gasteiger partial charge on any atom is 0.231 e. The van der Waals surface area contributed by atoms with Crippen molar-refractivity contribution >= 4 is 50.1 Å². The van der Waals surface area contributed by atoms with Crippen LogP contribution in [0, 0.1) is 5.92 Å². The Balaban J connectivity index is 1.47. The van der Waals surface area contributed by atoms with Gasteiger partial charge in [0, 0.05) is 24.0 Å². The molecule has 0 spiro atoms. The lowest BCUT2D eigenvalue weighted by Gasteiger charge is -2.14. The zero-order valence-electron chi connectivity index (χ0n) is 11.7. The Labute approximate surface area is 136 Å². The van der Waals surface area contributed by atoms with Crippen molar-refractivity contribution in [1.82, 2.24) is 9.88 Å². The van der Waals surface area contributed by atoms with Crippen molar-refractivity contribution in [2.75, 3.05) is 11.9 Å². The van der Waals surface area contributed by atoms with Crippen LogP contribution >= 0.6 is 22.9 Å². The molecule has 4 rings (SSSR count). The molecule has 114 valence electrons. The van der Waals surface area contributed by atoms with Crippen LogP contribution in [0.5, 0.6) is 0 Å². The van der Waals surface area contributed by atoms with Gasteiger partial charge in [0.25, 0.3) is 0 Å². The molecule has 1 aliphatic heterocycles. The highest BCUT2D eigenvalue weighted by Crippen LogP contribution is 2.33. The second-order valence-corrected chi connectivity index (χ2v) is 7.27. The number of hydrogen-bond donors (Lipinski definition) is 1. The molecule has 2 aromatic rings. The summed E-state index contributed by atoms with van der Waals surface area (Å²) in [5.41, 5.74) is 0.812. The van der Waals surface area contributed by atoms with Gasteiger partial charge in [-0.05, 0) is 31.0 Å². The lowest BCUT2D eigenvalue weighted by atomic mass is 10.1. The molecule has 0 bridgehead atoms. The lowest BCUT2D eigenvalue weighted by molar-refractivity contribution is -0.128. The van der Waals surface area contributed by atoms with E-state index in [0.29, 0.717) is 29.2 Å². The number of rotatable bonds is 3. The van der Waals surface area contributed by atoms with Crippen molar-refractivity contribution in [3.05, 3.63) is 23.2 Å². The quantitative estimate of drug-likeness (QED) is 0.938. The van der Waals surface area contributed by atoms with Crippen LogP contribution in [-0.4, -0.2) is 34.3 Å². The summed E-state index contributed by atoms with van der Waals surface area (Å²) in [6.45, 7) is 0.534. The van der Waals surface area contributed by atoms with E-state index in [1.807, 2.05) is 17.0 Å². The molecule has 1 N–H and O–H groups in total. The number of halogens is 1. The van der Waals surface area contributed by atoms with Gasteiger partial charge in [0.1, 0.15) is 0 Å². The molecule has 22 heavy (non-hydrogen) atoms. The van der Waals surface area contributed by atoms with Crippen molar-refractivity contribution < 1.29 is 9.59 Å². The summed E-state index contributed by atoms with van der Waals surface area (Å²) in [7, 11) is 0. The third-order valence-corrected chi connectivity index (χ3v) is 5.27. The number of carbonyl (C=O) groups is 2. The molecule has 0 unspecified atom stereocenters. The van der Waals surface area contributed by atoms with Crippen LogP contribution < -0.4 is 5.32 Å². The third-order valence-electron chi connectivity index (χ3n) is 4.10. The number of nitrogens with zero attached hydrogens (tertiary/aromatic N) is 2. The Kier molecular flexibility index (Phi) is 3.31. The minimum Gasteiger partial charge on any atom is -0.339 e. The van der Waals surface area contributed by atoms with E-state index in [-0.39, 0.29) is 17.7 Å². The summed E-state index contributed by atoms with van der Waals surface area (Å²) in [6.07, 6.45) is 2.44. The van der Waals surface area contributed by atoms with E-state index in [1.165, 1.54) is 11.3 Å². The normalized spacial score (nSPS) is 21.6. The van der Waals surface area contributed by atoms with E-state index in [0.717, 1.165) is 23.1 Å². The van der Waals surface area contributed by atoms with Crippen molar-refractivity contribution in [3.63, 3.8) is 0 Å². The van der Waals surface area contributed by atoms with E-state index in [4.69, 9.17) is 11.6 Å². The summed E-state index contributed by atoms with van der Waals surface area (Å²) < 4.78 is 0.935. The van der Waals surface area contributed by atoms with Gasteiger partial charge >= 0.3 is 0 Å². The van der Waals surface area contributed by atoms with Crippen LogP contribution in [-0.2, 0) is 9.59 Å². The van der Waals surface area contributed by atoms with Gasteiger partial charge in [0.2, 0.25) is 11.8 Å². The smallest absolute Gasteiger partial charge is 0.231 e. The number of anilines is 1. The second-order valence-electron chi connectivity index (χ2n) is 5.80. The van der Waals surface area contributed by atoms with Gasteiger partial charge in [-0.15, -0.1) is 0 Å². The van der Waals surface area contributed by atoms with Gasteiger partial charge in [0.15, 0.2) is 5.13 Å². The molecule has 1 aromatic heterocycles. The van der Waals surface area contributed by atoms with Gasteiger partial charge in [-0.3, -0.25) is 9.59 Å². The monoisotopic (exact) mass is 335 g/mol. The first kappa shape index (κ1) is 14.0. The predicted molar refractivity (Wildman–Crippen MR) is 86.1 cm³/mol. The van der Waals surface area contributed by atoms with Gasteiger partial charge < -0.3 is 10.2 Å². The largest absolute Gasteiger partial charge is 0.339 e. The van der Waals surface area contributed by atoms with E-state index < -0.39 is 0 Å². The van der Waals surface area contributed by atoms with E-state index >= 15 is 0 Å². The zero-order chi connectivity index (χ0) is 15.3. The fourth-order valence-electron chi connectivity index (χ4n) is 2.81. The van der Waals surface area contributed by atoms with Crippen molar-refractivity contribution in [2.45, 2.75) is 25.3 Å². The molecule has 0 radical (unpaired) electrons. The fourth-order valence-corrected chi connectivity index (χ4v) is 3.95. The Morgan fingerprint density at radius 3 is 3.00 bits per heavy atom. The highest BCUT2D eigenvalue weighted by Gasteiger charge is 2.41. The fraction of sp³-hybridized carbons (Fsp3) is 0.400. The maximum atomic E-state index is 12.3. The average Bonchev–Trinajstić information content (AvgIpc) is 3.13. The molecule has 2 fully saturated rings. The predicted octanol–water partition coefficient (Wildman–Crippen LogP) is 2.90. The average molecular weight is 336 g/mol. The summed E-state index contributed by atoms with van der Waals surface area (Å²) in [4.78, 5) is 30.5. The summed E-state index contributed by atoms with van der Waals surface area (Å²) in [5.74, 6) is -0.302. The summed E-state index contributed by atoms with van der Waals surface area (Å²) >= 11 is 7.35. The molecule has 1 atom stereocenters. The molecule has 1 aliphatic carbocycles. The maximum absolute atomic E-state index is 12.3. The minimum absolute atomic E-state index is 0.0960. The molecule has 2 amide bonds. The first-order valence-corrected chi connectivity index (χ1v) is 8.46. The minimum atomic E-state index is -0.274. The van der Waals surface area contributed by atoms with E-state index in [2.05, 4.69) is 10.3 Å². The molecule has 1 aromatic carbocycles. The van der Waals surface area contributed by atoms with Crippen LogP contribution in [0.3, 0.4) is 0 Å². The van der Waals surface area contributed by atoms with Crippen LogP contribution in [0.15, 0.2) is 18.2 Å². The number of amides is 2. The number of hydrogen-bond acceptors (Lipinski definition) is 4. The molecular formula is C15H14ClN3O2S. The number of nitrogens with one attached hydrogen (secondary N) is 1. The van der Waals surface area contributed by atoms with Crippen molar-refractivity contribution in [3.8, 4) is 0 Å². The zero-order valence-corrected chi connectivity index (χ0v) is 13.3. The SMILES string of the molecule is O=C(Nc1nc2ccc(Cl)cc2s1)[C@H]1CC(=O)N(C2CC2)C1. The third kappa shape index (κ3) is 2.57. The van der Waals surface area contributed by atoms with E-state index in [1.54, 1.807) is 6.07 Å². The summed E-state index contributed by atoms with van der Waals surface area (Å²) in [5, 5.41) is 4.04. The highest BCUT2D eigenvalue weighted by atomic mass is 35.5. The second kappa shape index (κ2) is 5.21. The van der Waals surface area contributed by atoms with Crippen LogP contribution in [0.4, 0.5) is 5.13 Å². The van der Waals surface area contributed by atoms with Crippen LogP contribution in [0.2, 0.25) is 5.02 Å².